The van der Waals surface area contributed by atoms with Crippen molar-refractivity contribution in [1.82, 2.24) is 0 Å². The van der Waals surface area contributed by atoms with Gasteiger partial charge in [0.15, 0.2) is 0 Å². The summed E-state index contributed by atoms with van der Waals surface area (Å²) in [4.78, 5) is 1.35. The van der Waals surface area contributed by atoms with E-state index in [1.54, 1.807) is 11.3 Å². The molecule has 1 saturated carbocycles. The zero-order valence-corrected chi connectivity index (χ0v) is 10.2. The topological polar surface area (TPSA) is 0 Å². The summed E-state index contributed by atoms with van der Waals surface area (Å²) in [6.07, 6.45) is 5.35. The van der Waals surface area contributed by atoms with E-state index in [1.165, 1.54) is 30.6 Å². The molecule has 0 amide bonds. The van der Waals surface area contributed by atoms with E-state index >= 15 is 0 Å². The predicted octanol–water partition coefficient (Wildman–Crippen LogP) is 4.85. The van der Waals surface area contributed by atoms with Crippen LogP contribution in [0.5, 0.6) is 0 Å². The van der Waals surface area contributed by atoms with E-state index in [4.69, 9.17) is 11.6 Å². The van der Waals surface area contributed by atoms with Gasteiger partial charge in [-0.3, -0.25) is 0 Å². The highest BCUT2D eigenvalue weighted by atomic mass is 35.5. The van der Waals surface area contributed by atoms with Crippen LogP contribution in [-0.2, 0) is 0 Å². The minimum absolute atomic E-state index is 0.266. The normalized spacial score (nSPS) is 30.1. The lowest BCUT2D eigenvalue weighted by Crippen LogP contribution is -2.15. The van der Waals surface area contributed by atoms with Crippen molar-refractivity contribution in [3.8, 4) is 0 Å². The Morgan fingerprint density at radius 3 is 2.64 bits per heavy atom. The average molecular weight is 229 g/mol. The van der Waals surface area contributed by atoms with Gasteiger partial charge in [0, 0.05) is 4.88 Å². The molecule has 1 atom stereocenters. The fourth-order valence-electron chi connectivity index (χ4n) is 2.26. The second-order valence-corrected chi connectivity index (χ2v) is 5.89. The zero-order chi connectivity index (χ0) is 9.97. The molecule has 0 spiro atoms. The van der Waals surface area contributed by atoms with Crippen molar-refractivity contribution < 1.29 is 0 Å². The number of rotatable bonds is 2. The molecule has 0 radical (unpaired) electrons. The highest BCUT2D eigenvalue weighted by molar-refractivity contribution is 7.10. The number of hydrogen-bond donors (Lipinski definition) is 0. The fourth-order valence-corrected chi connectivity index (χ4v) is 3.53. The van der Waals surface area contributed by atoms with Crippen molar-refractivity contribution in [2.24, 2.45) is 11.8 Å². The molecule has 1 fully saturated rings. The van der Waals surface area contributed by atoms with Crippen LogP contribution < -0.4 is 0 Å². The van der Waals surface area contributed by atoms with Crippen LogP contribution in [0.25, 0.3) is 0 Å². The molecule has 0 aliphatic heterocycles. The first-order chi connectivity index (χ1) is 6.77. The predicted molar refractivity (Wildman–Crippen MR) is 64.0 cm³/mol. The first-order valence-electron chi connectivity index (χ1n) is 5.45. The molecule has 1 aromatic heterocycles. The molecule has 1 heterocycles. The monoisotopic (exact) mass is 228 g/mol. The van der Waals surface area contributed by atoms with Gasteiger partial charge in [-0.2, -0.15) is 0 Å². The first kappa shape index (κ1) is 10.5. The van der Waals surface area contributed by atoms with Gasteiger partial charge in [0.2, 0.25) is 0 Å². The molecule has 1 aliphatic rings. The maximum absolute atomic E-state index is 6.48. The summed E-state index contributed by atoms with van der Waals surface area (Å²) in [6.45, 7) is 2.35. The SMILES string of the molecule is CC1CCC(C(Cl)c2cccs2)CC1. The number of thiophene rings is 1. The molecule has 0 saturated heterocycles. The number of halogens is 1. The molecular formula is C12H17ClS. The Hall–Kier alpha value is -0.0100. The molecule has 0 aromatic carbocycles. The lowest BCUT2D eigenvalue weighted by atomic mass is 9.81. The van der Waals surface area contributed by atoms with Crippen molar-refractivity contribution in [1.29, 1.82) is 0 Å². The molecule has 1 unspecified atom stereocenters. The van der Waals surface area contributed by atoms with Gasteiger partial charge in [0.1, 0.15) is 0 Å². The van der Waals surface area contributed by atoms with E-state index in [-0.39, 0.29) is 5.38 Å². The molecule has 1 aromatic rings. The van der Waals surface area contributed by atoms with Gasteiger partial charge < -0.3 is 0 Å². The summed E-state index contributed by atoms with van der Waals surface area (Å²) in [5.74, 6) is 1.63. The van der Waals surface area contributed by atoms with Crippen molar-refractivity contribution in [2.45, 2.75) is 38.0 Å². The van der Waals surface area contributed by atoms with Crippen molar-refractivity contribution in [3.05, 3.63) is 22.4 Å². The molecular weight excluding hydrogens is 212 g/mol. The Labute approximate surface area is 95.3 Å². The van der Waals surface area contributed by atoms with Crippen LogP contribution in [0.3, 0.4) is 0 Å². The van der Waals surface area contributed by atoms with Crippen molar-refractivity contribution >= 4 is 22.9 Å². The van der Waals surface area contributed by atoms with Crippen LogP contribution in [0.15, 0.2) is 17.5 Å². The van der Waals surface area contributed by atoms with E-state index in [0.717, 1.165) is 5.92 Å². The Balaban J connectivity index is 1.95. The minimum atomic E-state index is 0.266. The van der Waals surface area contributed by atoms with Gasteiger partial charge in [-0.15, -0.1) is 22.9 Å². The van der Waals surface area contributed by atoms with Crippen molar-refractivity contribution in [3.63, 3.8) is 0 Å². The summed E-state index contributed by atoms with van der Waals surface area (Å²) in [7, 11) is 0. The lowest BCUT2D eigenvalue weighted by Gasteiger charge is -2.28. The van der Waals surface area contributed by atoms with Crippen LogP contribution >= 0.6 is 22.9 Å². The summed E-state index contributed by atoms with van der Waals surface area (Å²) >= 11 is 8.28. The summed E-state index contributed by atoms with van der Waals surface area (Å²) in [5.41, 5.74) is 0. The van der Waals surface area contributed by atoms with Crippen LogP contribution in [0.2, 0.25) is 0 Å². The number of alkyl halides is 1. The van der Waals surface area contributed by atoms with Crippen LogP contribution in [0.4, 0.5) is 0 Å². The third-order valence-corrected chi connectivity index (χ3v) is 4.97. The van der Waals surface area contributed by atoms with E-state index in [1.807, 2.05) is 0 Å². The van der Waals surface area contributed by atoms with Crippen LogP contribution in [0.1, 0.15) is 42.9 Å². The summed E-state index contributed by atoms with van der Waals surface area (Å²) in [6, 6.07) is 4.27. The summed E-state index contributed by atoms with van der Waals surface area (Å²) < 4.78 is 0. The van der Waals surface area contributed by atoms with E-state index in [2.05, 4.69) is 24.4 Å². The second-order valence-electron chi connectivity index (χ2n) is 4.44. The molecule has 2 heteroatoms. The largest absolute Gasteiger partial charge is 0.147 e. The highest BCUT2D eigenvalue weighted by Crippen LogP contribution is 2.41. The maximum Gasteiger partial charge on any atom is 0.0706 e. The van der Waals surface area contributed by atoms with Gasteiger partial charge in [0.05, 0.1) is 5.38 Å². The minimum Gasteiger partial charge on any atom is -0.147 e. The smallest absolute Gasteiger partial charge is 0.0706 e. The molecule has 0 bridgehead atoms. The molecule has 78 valence electrons. The first-order valence-corrected chi connectivity index (χ1v) is 6.76. The highest BCUT2D eigenvalue weighted by Gasteiger charge is 2.26. The fraction of sp³-hybridized carbons (Fsp3) is 0.667. The maximum atomic E-state index is 6.48. The Morgan fingerprint density at radius 1 is 1.36 bits per heavy atom. The van der Waals surface area contributed by atoms with Gasteiger partial charge in [0.25, 0.3) is 0 Å². The Morgan fingerprint density at radius 2 is 2.07 bits per heavy atom. The van der Waals surface area contributed by atoms with Crippen LogP contribution in [-0.4, -0.2) is 0 Å². The van der Waals surface area contributed by atoms with Crippen molar-refractivity contribution in [2.75, 3.05) is 0 Å². The van der Waals surface area contributed by atoms with Crippen LogP contribution in [0, 0.1) is 11.8 Å². The van der Waals surface area contributed by atoms with E-state index in [9.17, 15) is 0 Å². The third-order valence-electron chi connectivity index (χ3n) is 3.29. The van der Waals surface area contributed by atoms with E-state index in [0.29, 0.717) is 5.92 Å². The molecule has 1 aliphatic carbocycles. The van der Waals surface area contributed by atoms with Gasteiger partial charge in [-0.25, -0.2) is 0 Å². The zero-order valence-electron chi connectivity index (χ0n) is 8.58. The lowest BCUT2D eigenvalue weighted by molar-refractivity contribution is 0.284. The summed E-state index contributed by atoms with van der Waals surface area (Å²) in [5, 5.41) is 2.39. The van der Waals surface area contributed by atoms with Gasteiger partial charge >= 0.3 is 0 Å². The third kappa shape index (κ3) is 2.32. The molecule has 2 rings (SSSR count). The molecule has 0 N–H and O–H groups in total. The number of hydrogen-bond acceptors (Lipinski definition) is 1. The van der Waals surface area contributed by atoms with Gasteiger partial charge in [-0.1, -0.05) is 25.8 Å². The quantitative estimate of drug-likeness (QED) is 0.635. The Bertz CT molecular complexity index is 260. The van der Waals surface area contributed by atoms with Gasteiger partial charge in [-0.05, 0) is 36.1 Å². The molecule has 0 nitrogen and oxygen atoms in total. The van der Waals surface area contributed by atoms with E-state index < -0.39 is 0 Å². The standard InChI is InChI=1S/C12H17ClS/c1-9-4-6-10(7-5-9)12(13)11-3-2-8-14-11/h2-3,8-10,12H,4-7H2,1H3. The Kier molecular flexibility index (Phi) is 3.51. The average Bonchev–Trinajstić information content (AvgIpc) is 2.71. The second kappa shape index (κ2) is 4.67. The molecule has 14 heavy (non-hydrogen) atoms.